The first-order valence-electron chi connectivity index (χ1n) is 9.04. The third-order valence-electron chi connectivity index (χ3n) is 4.82. The third-order valence-corrected chi connectivity index (χ3v) is 5.61. The lowest BCUT2D eigenvalue weighted by molar-refractivity contribution is -0.136. The number of hydrogen-bond acceptors (Lipinski definition) is 7. The molecule has 10 heteroatoms. The summed E-state index contributed by atoms with van der Waals surface area (Å²) in [4.78, 5) is 49.6. The summed E-state index contributed by atoms with van der Waals surface area (Å²) in [5, 5.41) is 5.47. The van der Waals surface area contributed by atoms with Gasteiger partial charge in [-0.1, -0.05) is 12.1 Å². The van der Waals surface area contributed by atoms with E-state index >= 15 is 0 Å². The van der Waals surface area contributed by atoms with Crippen LogP contribution in [0.2, 0.25) is 0 Å². The lowest BCUT2D eigenvalue weighted by atomic mass is 10.0. The maximum atomic E-state index is 12.8. The smallest absolute Gasteiger partial charge is 0.412 e. The molecule has 1 aromatic heterocycles. The van der Waals surface area contributed by atoms with Gasteiger partial charge in [0.15, 0.2) is 0 Å². The maximum absolute atomic E-state index is 12.8. The standard InChI is InChI=1S/C19H18N4O5S/c1-10-6-16(29-22-10)21-19(27)28-9-11-2-3-12-8-23(18(26)13(12)7-11)14-4-5-15(24)20-17(14)25/h2-3,6-7,14H,4-5,8-9H2,1H3,(H,21,27)(H,20,24,25). The maximum Gasteiger partial charge on any atom is 0.412 e. The SMILES string of the molecule is Cc1cc(NC(=O)OCc2ccc3c(c2)C(=O)N(C2CCC(=O)NC2=O)C3)sn1. The third kappa shape index (κ3) is 3.97. The van der Waals surface area contributed by atoms with Crippen molar-refractivity contribution in [3.05, 3.63) is 46.6 Å². The van der Waals surface area contributed by atoms with Crippen LogP contribution in [0, 0.1) is 6.92 Å². The lowest BCUT2D eigenvalue weighted by Crippen LogP contribution is -2.52. The number of carbonyl (C=O) groups is 4. The fourth-order valence-corrected chi connectivity index (χ4v) is 4.05. The normalized spacial score (nSPS) is 18.4. The van der Waals surface area contributed by atoms with E-state index in [4.69, 9.17) is 4.74 Å². The Hall–Kier alpha value is -3.27. The topological polar surface area (TPSA) is 118 Å². The molecule has 0 spiro atoms. The van der Waals surface area contributed by atoms with Crippen molar-refractivity contribution in [1.29, 1.82) is 0 Å². The quantitative estimate of drug-likeness (QED) is 0.739. The molecule has 1 atom stereocenters. The summed E-state index contributed by atoms with van der Waals surface area (Å²) >= 11 is 1.16. The summed E-state index contributed by atoms with van der Waals surface area (Å²) < 4.78 is 9.28. The molecule has 2 aromatic rings. The highest BCUT2D eigenvalue weighted by molar-refractivity contribution is 7.10. The summed E-state index contributed by atoms with van der Waals surface area (Å²) in [7, 11) is 0. The van der Waals surface area contributed by atoms with Crippen molar-refractivity contribution >= 4 is 40.3 Å². The highest BCUT2D eigenvalue weighted by Crippen LogP contribution is 2.28. The number of anilines is 1. The van der Waals surface area contributed by atoms with Crippen molar-refractivity contribution in [2.24, 2.45) is 0 Å². The molecule has 0 bridgehead atoms. The molecule has 2 aliphatic rings. The molecule has 1 aromatic carbocycles. The first-order chi connectivity index (χ1) is 13.9. The summed E-state index contributed by atoms with van der Waals surface area (Å²) in [6.45, 7) is 2.14. The molecular formula is C19H18N4O5S. The molecule has 1 unspecified atom stereocenters. The van der Waals surface area contributed by atoms with Gasteiger partial charge in [0.1, 0.15) is 17.6 Å². The van der Waals surface area contributed by atoms with Crippen LogP contribution in [0.1, 0.15) is 40.0 Å². The fourth-order valence-electron chi connectivity index (χ4n) is 3.40. The predicted octanol–water partition coefficient (Wildman–Crippen LogP) is 1.96. The van der Waals surface area contributed by atoms with Crippen LogP contribution in [-0.4, -0.2) is 39.1 Å². The molecule has 4 rings (SSSR count). The van der Waals surface area contributed by atoms with Gasteiger partial charge in [-0.2, -0.15) is 4.37 Å². The van der Waals surface area contributed by atoms with Gasteiger partial charge < -0.3 is 9.64 Å². The summed E-state index contributed by atoms with van der Waals surface area (Å²) in [6.07, 6.45) is -0.0765. The summed E-state index contributed by atoms with van der Waals surface area (Å²) in [6, 6.07) is 6.34. The second-order valence-corrected chi connectivity index (χ2v) is 7.73. The lowest BCUT2D eigenvalue weighted by Gasteiger charge is -2.29. The Morgan fingerprint density at radius 3 is 2.90 bits per heavy atom. The number of nitrogens with zero attached hydrogens (tertiary/aromatic N) is 2. The Labute approximate surface area is 170 Å². The van der Waals surface area contributed by atoms with Crippen molar-refractivity contribution < 1.29 is 23.9 Å². The van der Waals surface area contributed by atoms with Gasteiger partial charge in [-0.05, 0) is 48.1 Å². The van der Waals surface area contributed by atoms with Gasteiger partial charge >= 0.3 is 6.09 Å². The fraction of sp³-hybridized carbons (Fsp3) is 0.316. The second kappa shape index (κ2) is 7.63. The number of nitrogens with one attached hydrogen (secondary N) is 2. The minimum absolute atomic E-state index is 0.00258. The van der Waals surface area contributed by atoms with Gasteiger partial charge in [-0.3, -0.25) is 25.0 Å². The minimum Gasteiger partial charge on any atom is -0.444 e. The zero-order chi connectivity index (χ0) is 20.5. The molecule has 0 aliphatic carbocycles. The van der Waals surface area contributed by atoms with Gasteiger partial charge in [0.05, 0.1) is 5.69 Å². The highest BCUT2D eigenvalue weighted by Gasteiger charge is 2.39. The summed E-state index contributed by atoms with van der Waals surface area (Å²) in [5.41, 5.74) is 2.75. The number of amides is 4. The molecule has 150 valence electrons. The van der Waals surface area contributed by atoms with E-state index in [-0.39, 0.29) is 24.8 Å². The van der Waals surface area contributed by atoms with Gasteiger partial charge in [-0.15, -0.1) is 0 Å². The summed E-state index contributed by atoms with van der Waals surface area (Å²) in [5.74, 6) is -1.02. The van der Waals surface area contributed by atoms with Crippen molar-refractivity contribution in [3.63, 3.8) is 0 Å². The van der Waals surface area contributed by atoms with E-state index in [1.807, 2.05) is 6.92 Å². The van der Waals surface area contributed by atoms with Crippen LogP contribution in [0.4, 0.5) is 9.80 Å². The van der Waals surface area contributed by atoms with Gasteiger partial charge in [0, 0.05) is 18.5 Å². The molecule has 2 N–H and O–H groups in total. The van der Waals surface area contributed by atoms with Gasteiger partial charge in [0.25, 0.3) is 5.91 Å². The van der Waals surface area contributed by atoms with E-state index in [1.165, 1.54) is 4.90 Å². The van der Waals surface area contributed by atoms with Gasteiger partial charge in [-0.25, -0.2) is 4.79 Å². The minimum atomic E-state index is -0.652. The number of rotatable bonds is 4. The van der Waals surface area contributed by atoms with Crippen molar-refractivity contribution in [1.82, 2.24) is 14.6 Å². The van der Waals surface area contributed by atoms with E-state index in [2.05, 4.69) is 15.0 Å². The second-order valence-electron chi connectivity index (χ2n) is 6.93. The molecule has 1 saturated heterocycles. The molecule has 0 saturated carbocycles. The number of aryl methyl sites for hydroxylation is 1. The van der Waals surface area contributed by atoms with E-state index in [0.717, 1.165) is 22.8 Å². The number of aromatic nitrogens is 1. The zero-order valence-corrected chi connectivity index (χ0v) is 16.4. The first kappa shape index (κ1) is 19.1. The van der Waals surface area contributed by atoms with Crippen molar-refractivity contribution in [3.8, 4) is 0 Å². The number of imide groups is 1. The molecule has 1 fully saturated rings. The number of benzene rings is 1. The highest BCUT2D eigenvalue weighted by atomic mass is 32.1. The van der Waals surface area contributed by atoms with Gasteiger partial charge in [0.2, 0.25) is 11.8 Å². The Kier molecular flexibility index (Phi) is 5.01. The largest absolute Gasteiger partial charge is 0.444 e. The zero-order valence-electron chi connectivity index (χ0n) is 15.6. The van der Waals surface area contributed by atoms with Crippen LogP contribution in [0.15, 0.2) is 24.3 Å². The van der Waals surface area contributed by atoms with E-state index in [0.29, 0.717) is 29.1 Å². The number of hydrogen-bond donors (Lipinski definition) is 2. The number of fused-ring (bicyclic) bond motifs is 1. The first-order valence-corrected chi connectivity index (χ1v) is 9.81. The predicted molar refractivity (Wildman–Crippen MR) is 103 cm³/mol. The Balaban J connectivity index is 1.39. The average Bonchev–Trinajstić information content (AvgIpc) is 3.23. The van der Waals surface area contributed by atoms with Crippen LogP contribution in [-0.2, 0) is 27.5 Å². The molecule has 3 heterocycles. The average molecular weight is 414 g/mol. The Morgan fingerprint density at radius 1 is 1.34 bits per heavy atom. The number of piperidine rings is 1. The molecule has 2 aliphatic heterocycles. The molecule has 4 amide bonds. The monoisotopic (exact) mass is 414 g/mol. The van der Waals surface area contributed by atoms with E-state index in [1.54, 1.807) is 24.3 Å². The van der Waals surface area contributed by atoms with Crippen molar-refractivity contribution in [2.45, 2.75) is 39.0 Å². The van der Waals surface area contributed by atoms with Crippen LogP contribution < -0.4 is 10.6 Å². The molecule has 29 heavy (non-hydrogen) atoms. The van der Waals surface area contributed by atoms with Crippen LogP contribution >= 0.6 is 11.5 Å². The van der Waals surface area contributed by atoms with Crippen molar-refractivity contribution in [2.75, 3.05) is 5.32 Å². The number of ether oxygens (including phenoxy) is 1. The molecule has 0 radical (unpaired) electrons. The van der Waals surface area contributed by atoms with E-state index < -0.39 is 18.0 Å². The Morgan fingerprint density at radius 2 is 2.17 bits per heavy atom. The Bertz CT molecular complexity index is 1020. The molecule has 9 nitrogen and oxygen atoms in total. The van der Waals surface area contributed by atoms with Crippen LogP contribution in [0.25, 0.3) is 0 Å². The molecular weight excluding hydrogens is 396 g/mol. The van der Waals surface area contributed by atoms with E-state index in [9.17, 15) is 19.2 Å². The van der Waals surface area contributed by atoms with Crippen LogP contribution in [0.5, 0.6) is 0 Å². The van der Waals surface area contributed by atoms with Crippen LogP contribution in [0.3, 0.4) is 0 Å². The number of carbonyl (C=O) groups excluding carboxylic acids is 4.